The van der Waals surface area contributed by atoms with Crippen LogP contribution in [0.25, 0.3) is 0 Å². The van der Waals surface area contributed by atoms with Gasteiger partial charge in [0.05, 0.1) is 6.04 Å². The van der Waals surface area contributed by atoms with E-state index in [1.807, 2.05) is 6.92 Å². The van der Waals surface area contributed by atoms with Gasteiger partial charge in [0.15, 0.2) is 0 Å². The average molecular weight is 266 g/mol. The van der Waals surface area contributed by atoms with E-state index in [9.17, 15) is 4.79 Å². The molecule has 2 aliphatic rings. The van der Waals surface area contributed by atoms with Crippen LogP contribution in [0.3, 0.4) is 0 Å². The van der Waals surface area contributed by atoms with Gasteiger partial charge in [-0.3, -0.25) is 4.79 Å². The monoisotopic (exact) mass is 266 g/mol. The molecule has 0 spiro atoms. The second-order valence-electron chi connectivity index (χ2n) is 6.37. The SMILES string of the molecule is CCNC(=O)C1CC(C2CCC(CC)CC2)CCN1. The first kappa shape index (κ1) is 14.8. The molecule has 2 rings (SSSR count). The van der Waals surface area contributed by atoms with Crippen LogP contribution < -0.4 is 10.6 Å². The molecule has 2 atom stereocenters. The van der Waals surface area contributed by atoms with Crippen molar-refractivity contribution < 1.29 is 4.79 Å². The number of carbonyl (C=O) groups excluding carboxylic acids is 1. The highest BCUT2D eigenvalue weighted by atomic mass is 16.2. The predicted molar refractivity (Wildman–Crippen MR) is 78.9 cm³/mol. The number of likely N-dealkylation sites (N-methyl/N-ethyl adjacent to an activating group) is 1. The van der Waals surface area contributed by atoms with Crippen molar-refractivity contribution in [2.24, 2.45) is 17.8 Å². The Bertz CT molecular complexity index is 284. The molecule has 1 saturated carbocycles. The highest BCUT2D eigenvalue weighted by Gasteiger charge is 2.33. The summed E-state index contributed by atoms with van der Waals surface area (Å²) in [4.78, 5) is 12.0. The van der Waals surface area contributed by atoms with Gasteiger partial charge in [-0.2, -0.15) is 0 Å². The molecule has 3 heteroatoms. The maximum absolute atomic E-state index is 12.0. The Labute approximate surface area is 117 Å². The molecule has 19 heavy (non-hydrogen) atoms. The molecular weight excluding hydrogens is 236 g/mol. The zero-order valence-corrected chi connectivity index (χ0v) is 12.6. The first-order valence-electron chi connectivity index (χ1n) is 8.25. The van der Waals surface area contributed by atoms with Gasteiger partial charge in [0, 0.05) is 6.54 Å². The third-order valence-electron chi connectivity index (χ3n) is 5.25. The summed E-state index contributed by atoms with van der Waals surface area (Å²) < 4.78 is 0. The summed E-state index contributed by atoms with van der Waals surface area (Å²) >= 11 is 0. The first-order chi connectivity index (χ1) is 9.24. The molecule has 110 valence electrons. The molecular formula is C16H30N2O. The van der Waals surface area contributed by atoms with Gasteiger partial charge in [0.25, 0.3) is 0 Å². The number of hydrogen-bond donors (Lipinski definition) is 2. The van der Waals surface area contributed by atoms with Gasteiger partial charge in [-0.1, -0.05) is 26.2 Å². The molecule has 2 N–H and O–H groups in total. The molecule has 0 bridgehead atoms. The van der Waals surface area contributed by atoms with Crippen molar-refractivity contribution in [1.82, 2.24) is 10.6 Å². The number of carbonyl (C=O) groups is 1. The van der Waals surface area contributed by atoms with E-state index < -0.39 is 0 Å². The van der Waals surface area contributed by atoms with Crippen LogP contribution >= 0.6 is 0 Å². The van der Waals surface area contributed by atoms with E-state index in [1.165, 1.54) is 38.5 Å². The summed E-state index contributed by atoms with van der Waals surface area (Å²) in [7, 11) is 0. The van der Waals surface area contributed by atoms with Crippen molar-refractivity contribution >= 4 is 5.91 Å². The lowest BCUT2D eigenvalue weighted by Gasteiger charge is -2.38. The van der Waals surface area contributed by atoms with Crippen molar-refractivity contribution in [3.05, 3.63) is 0 Å². The quantitative estimate of drug-likeness (QED) is 0.821. The molecule has 3 nitrogen and oxygen atoms in total. The van der Waals surface area contributed by atoms with Crippen molar-refractivity contribution in [3.8, 4) is 0 Å². The fourth-order valence-corrected chi connectivity index (χ4v) is 3.94. The van der Waals surface area contributed by atoms with Gasteiger partial charge in [0.1, 0.15) is 0 Å². The van der Waals surface area contributed by atoms with Gasteiger partial charge in [-0.15, -0.1) is 0 Å². The van der Waals surface area contributed by atoms with Crippen LogP contribution in [0.4, 0.5) is 0 Å². The van der Waals surface area contributed by atoms with Crippen LogP contribution in [0.1, 0.15) is 58.8 Å². The zero-order valence-electron chi connectivity index (χ0n) is 12.6. The Kier molecular flexibility index (Phi) is 5.68. The van der Waals surface area contributed by atoms with E-state index in [4.69, 9.17) is 0 Å². The smallest absolute Gasteiger partial charge is 0.237 e. The van der Waals surface area contributed by atoms with E-state index in [2.05, 4.69) is 17.6 Å². The maximum Gasteiger partial charge on any atom is 0.237 e. The summed E-state index contributed by atoms with van der Waals surface area (Å²) in [6.45, 7) is 6.06. The second kappa shape index (κ2) is 7.28. The Morgan fingerprint density at radius 3 is 2.47 bits per heavy atom. The number of rotatable bonds is 4. The highest BCUT2D eigenvalue weighted by molar-refractivity contribution is 5.81. The third kappa shape index (κ3) is 3.95. The maximum atomic E-state index is 12.0. The van der Waals surface area contributed by atoms with E-state index in [-0.39, 0.29) is 11.9 Å². The summed E-state index contributed by atoms with van der Waals surface area (Å²) in [6.07, 6.45) is 9.27. The molecule has 1 heterocycles. The summed E-state index contributed by atoms with van der Waals surface area (Å²) in [5.74, 6) is 2.82. The molecule has 1 amide bonds. The fraction of sp³-hybridized carbons (Fsp3) is 0.938. The highest BCUT2D eigenvalue weighted by Crippen LogP contribution is 2.38. The molecule has 0 aromatic rings. The molecule has 0 radical (unpaired) electrons. The Morgan fingerprint density at radius 1 is 1.11 bits per heavy atom. The summed E-state index contributed by atoms with van der Waals surface area (Å²) in [5.41, 5.74) is 0. The van der Waals surface area contributed by atoms with Crippen LogP contribution in [0.15, 0.2) is 0 Å². The van der Waals surface area contributed by atoms with Crippen LogP contribution in [-0.2, 0) is 4.79 Å². The fourth-order valence-electron chi connectivity index (χ4n) is 3.94. The van der Waals surface area contributed by atoms with Gasteiger partial charge >= 0.3 is 0 Å². The van der Waals surface area contributed by atoms with Crippen LogP contribution in [0.5, 0.6) is 0 Å². The lowest BCUT2D eigenvalue weighted by atomic mass is 9.71. The topological polar surface area (TPSA) is 41.1 Å². The lowest BCUT2D eigenvalue weighted by molar-refractivity contribution is -0.124. The van der Waals surface area contributed by atoms with E-state index in [1.54, 1.807) is 0 Å². The number of nitrogens with one attached hydrogen (secondary N) is 2. The summed E-state index contributed by atoms with van der Waals surface area (Å²) in [6, 6.07) is 0.0580. The van der Waals surface area contributed by atoms with Crippen LogP contribution in [0.2, 0.25) is 0 Å². The molecule has 2 unspecified atom stereocenters. The first-order valence-corrected chi connectivity index (χ1v) is 8.25. The molecule has 0 aromatic heterocycles. The lowest BCUT2D eigenvalue weighted by Crippen LogP contribution is -2.49. The Balaban J connectivity index is 1.82. The summed E-state index contributed by atoms with van der Waals surface area (Å²) in [5, 5.41) is 6.33. The van der Waals surface area contributed by atoms with E-state index in [0.717, 1.165) is 37.3 Å². The molecule has 2 fully saturated rings. The number of amides is 1. The standard InChI is InChI=1S/C16H30N2O/c1-3-12-5-7-13(8-6-12)14-9-10-18-15(11-14)16(19)17-4-2/h12-15,18H,3-11H2,1-2H3,(H,17,19). The van der Waals surface area contributed by atoms with Gasteiger partial charge in [0.2, 0.25) is 5.91 Å². The van der Waals surface area contributed by atoms with Crippen LogP contribution in [0, 0.1) is 17.8 Å². The predicted octanol–water partition coefficient (Wildman–Crippen LogP) is 2.71. The molecule has 1 aliphatic heterocycles. The van der Waals surface area contributed by atoms with Crippen molar-refractivity contribution in [3.63, 3.8) is 0 Å². The minimum Gasteiger partial charge on any atom is -0.355 e. The van der Waals surface area contributed by atoms with Gasteiger partial charge in [-0.25, -0.2) is 0 Å². The molecule has 1 aliphatic carbocycles. The molecule has 1 saturated heterocycles. The van der Waals surface area contributed by atoms with Crippen LogP contribution in [-0.4, -0.2) is 25.0 Å². The minimum atomic E-state index is 0.0580. The van der Waals surface area contributed by atoms with Crippen molar-refractivity contribution in [1.29, 1.82) is 0 Å². The largest absolute Gasteiger partial charge is 0.355 e. The van der Waals surface area contributed by atoms with Gasteiger partial charge in [-0.05, 0) is 56.9 Å². The minimum absolute atomic E-state index is 0.0580. The average Bonchev–Trinajstić information content (AvgIpc) is 2.48. The van der Waals surface area contributed by atoms with Crippen molar-refractivity contribution in [2.45, 2.75) is 64.8 Å². The Morgan fingerprint density at radius 2 is 1.84 bits per heavy atom. The van der Waals surface area contributed by atoms with Crippen molar-refractivity contribution in [2.75, 3.05) is 13.1 Å². The number of hydrogen-bond acceptors (Lipinski definition) is 2. The van der Waals surface area contributed by atoms with E-state index in [0.29, 0.717) is 0 Å². The van der Waals surface area contributed by atoms with Gasteiger partial charge < -0.3 is 10.6 Å². The zero-order chi connectivity index (χ0) is 13.7. The number of piperidine rings is 1. The third-order valence-corrected chi connectivity index (χ3v) is 5.25. The Hall–Kier alpha value is -0.570. The normalized spacial score (nSPS) is 35.9. The van der Waals surface area contributed by atoms with E-state index >= 15 is 0 Å². The molecule has 0 aromatic carbocycles. The second-order valence-corrected chi connectivity index (χ2v) is 6.37.